The van der Waals surface area contributed by atoms with Crippen LogP contribution in [-0.4, -0.2) is 41.9 Å². The molecule has 0 amide bonds. The SMILES string of the molecule is CC(C)C(O)N1CCC2C(C1)c1cccc3c1N2CC3. The number of aliphatic hydroxyl groups is 1. The van der Waals surface area contributed by atoms with Gasteiger partial charge < -0.3 is 10.0 Å². The summed E-state index contributed by atoms with van der Waals surface area (Å²) in [5.74, 6) is 0.898. The maximum Gasteiger partial charge on any atom is 0.109 e. The Bertz CT molecular complexity index is 528. The summed E-state index contributed by atoms with van der Waals surface area (Å²) in [7, 11) is 0. The van der Waals surface area contributed by atoms with Crippen LogP contribution in [0.2, 0.25) is 0 Å². The van der Waals surface area contributed by atoms with Gasteiger partial charge in [0.1, 0.15) is 6.23 Å². The molecule has 0 spiro atoms. The zero-order chi connectivity index (χ0) is 13.9. The second kappa shape index (κ2) is 4.47. The molecule has 4 rings (SSSR count). The van der Waals surface area contributed by atoms with Gasteiger partial charge >= 0.3 is 0 Å². The van der Waals surface area contributed by atoms with Crippen molar-refractivity contribution in [3.8, 4) is 0 Å². The monoisotopic (exact) mass is 272 g/mol. The highest BCUT2D eigenvalue weighted by Crippen LogP contribution is 2.49. The van der Waals surface area contributed by atoms with Gasteiger partial charge in [0.25, 0.3) is 0 Å². The van der Waals surface area contributed by atoms with E-state index in [4.69, 9.17) is 0 Å². The molecule has 1 aromatic carbocycles. The number of anilines is 1. The zero-order valence-corrected chi connectivity index (χ0v) is 12.4. The van der Waals surface area contributed by atoms with Gasteiger partial charge in [0, 0.05) is 37.3 Å². The molecule has 0 aliphatic carbocycles. The van der Waals surface area contributed by atoms with Crippen molar-refractivity contribution in [2.75, 3.05) is 24.5 Å². The molecule has 3 heteroatoms. The van der Waals surface area contributed by atoms with E-state index >= 15 is 0 Å². The minimum atomic E-state index is -0.292. The molecule has 1 fully saturated rings. The fourth-order valence-electron chi connectivity index (χ4n) is 4.45. The predicted molar refractivity (Wildman–Crippen MR) is 81.1 cm³/mol. The first kappa shape index (κ1) is 12.7. The third kappa shape index (κ3) is 1.66. The van der Waals surface area contributed by atoms with Crippen LogP contribution >= 0.6 is 0 Å². The minimum Gasteiger partial charge on any atom is -0.378 e. The number of rotatable bonds is 2. The van der Waals surface area contributed by atoms with Gasteiger partial charge in [-0.2, -0.15) is 0 Å². The van der Waals surface area contributed by atoms with E-state index in [-0.39, 0.29) is 6.23 Å². The van der Waals surface area contributed by atoms with E-state index in [0.717, 1.165) is 13.1 Å². The molecule has 0 radical (unpaired) electrons. The Labute approximate surface area is 121 Å². The molecule has 3 unspecified atom stereocenters. The van der Waals surface area contributed by atoms with Gasteiger partial charge in [-0.3, -0.25) is 4.90 Å². The van der Waals surface area contributed by atoms with Crippen molar-refractivity contribution in [1.29, 1.82) is 0 Å². The van der Waals surface area contributed by atoms with Crippen LogP contribution in [0.25, 0.3) is 0 Å². The molecule has 3 heterocycles. The first-order valence-corrected chi connectivity index (χ1v) is 7.97. The fraction of sp³-hybridized carbons (Fsp3) is 0.647. The molecule has 3 atom stereocenters. The lowest BCUT2D eigenvalue weighted by Gasteiger charge is -2.41. The lowest BCUT2D eigenvalue weighted by Crippen LogP contribution is -2.50. The van der Waals surface area contributed by atoms with Crippen molar-refractivity contribution < 1.29 is 5.11 Å². The topological polar surface area (TPSA) is 26.7 Å². The highest BCUT2D eigenvalue weighted by molar-refractivity contribution is 5.70. The molecule has 20 heavy (non-hydrogen) atoms. The van der Waals surface area contributed by atoms with Crippen LogP contribution in [0.1, 0.15) is 37.3 Å². The lowest BCUT2D eigenvalue weighted by molar-refractivity contribution is -0.0452. The number of piperidine rings is 1. The number of benzene rings is 1. The molecular formula is C17H24N2O. The highest BCUT2D eigenvalue weighted by atomic mass is 16.3. The summed E-state index contributed by atoms with van der Waals surface area (Å²) in [4.78, 5) is 4.93. The predicted octanol–water partition coefficient (Wildman–Crippen LogP) is 2.20. The quantitative estimate of drug-likeness (QED) is 0.894. The molecule has 1 saturated heterocycles. The number of likely N-dealkylation sites (tertiary alicyclic amines) is 1. The molecule has 108 valence electrons. The summed E-state index contributed by atoms with van der Waals surface area (Å²) < 4.78 is 0. The highest BCUT2D eigenvalue weighted by Gasteiger charge is 2.45. The Kier molecular flexibility index (Phi) is 2.83. The largest absolute Gasteiger partial charge is 0.378 e. The second-order valence-corrected chi connectivity index (χ2v) is 6.91. The number of aliphatic hydroxyl groups excluding tert-OH is 1. The third-order valence-corrected chi connectivity index (χ3v) is 5.44. The van der Waals surface area contributed by atoms with Crippen molar-refractivity contribution >= 4 is 5.69 Å². The Hall–Kier alpha value is -1.06. The van der Waals surface area contributed by atoms with E-state index in [1.54, 1.807) is 0 Å². The zero-order valence-electron chi connectivity index (χ0n) is 12.4. The van der Waals surface area contributed by atoms with E-state index in [2.05, 4.69) is 41.8 Å². The fourth-order valence-corrected chi connectivity index (χ4v) is 4.45. The molecule has 3 aliphatic heterocycles. The van der Waals surface area contributed by atoms with Crippen LogP contribution in [0.4, 0.5) is 5.69 Å². The molecular weight excluding hydrogens is 248 g/mol. The van der Waals surface area contributed by atoms with Crippen molar-refractivity contribution in [2.24, 2.45) is 5.92 Å². The molecule has 0 aromatic heterocycles. The van der Waals surface area contributed by atoms with Gasteiger partial charge in [-0.1, -0.05) is 32.0 Å². The summed E-state index contributed by atoms with van der Waals surface area (Å²) in [5, 5.41) is 10.4. The third-order valence-electron chi connectivity index (χ3n) is 5.44. The molecule has 3 aliphatic rings. The van der Waals surface area contributed by atoms with E-state index in [9.17, 15) is 5.11 Å². The van der Waals surface area contributed by atoms with Crippen LogP contribution in [-0.2, 0) is 6.42 Å². The molecule has 1 aromatic rings. The number of fused-ring (bicyclic) bond motifs is 3. The molecule has 1 N–H and O–H groups in total. The number of hydrogen-bond acceptors (Lipinski definition) is 3. The normalized spacial score (nSPS) is 29.7. The second-order valence-electron chi connectivity index (χ2n) is 6.91. The van der Waals surface area contributed by atoms with Crippen LogP contribution in [0.5, 0.6) is 0 Å². The first-order valence-electron chi connectivity index (χ1n) is 7.97. The average molecular weight is 272 g/mol. The number of hydrogen-bond donors (Lipinski definition) is 1. The van der Waals surface area contributed by atoms with Gasteiger partial charge in [0.15, 0.2) is 0 Å². The van der Waals surface area contributed by atoms with Gasteiger partial charge in [-0.15, -0.1) is 0 Å². The van der Waals surface area contributed by atoms with Crippen LogP contribution in [0, 0.1) is 5.92 Å². The van der Waals surface area contributed by atoms with Crippen molar-refractivity contribution in [3.05, 3.63) is 29.3 Å². The van der Waals surface area contributed by atoms with E-state index in [1.807, 2.05) is 0 Å². The summed E-state index contributed by atoms with van der Waals surface area (Å²) in [6.45, 7) is 7.44. The van der Waals surface area contributed by atoms with Crippen LogP contribution in [0.15, 0.2) is 18.2 Å². The molecule has 0 saturated carbocycles. The Morgan fingerprint density at radius 1 is 1.25 bits per heavy atom. The van der Waals surface area contributed by atoms with Crippen molar-refractivity contribution in [3.63, 3.8) is 0 Å². The summed E-state index contributed by atoms with van der Waals surface area (Å²) >= 11 is 0. The van der Waals surface area contributed by atoms with Crippen molar-refractivity contribution in [1.82, 2.24) is 4.90 Å². The van der Waals surface area contributed by atoms with Gasteiger partial charge in [0.2, 0.25) is 0 Å². The van der Waals surface area contributed by atoms with E-state index in [1.165, 1.54) is 36.2 Å². The molecule has 3 nitrogen and oxygen atoms in total. The summed E-state index contributed by atoms with van der Waals surface area (Å²) in [6.07, 6.45) is 2.10. The van der Waals surface area contributed by atoms with Crippen LogP contribution in [0.3, 0.4) is 0 Å². The van der Waals surface area contributed by atoms with E-state index in [0.29, 0.717) is 17.9 Å². The van der Waals surface area contributed by atoms with Gasteiger partial charge in [-0.25, -0.2) is 0 Å². The maximum atomic E-state index is 10.4. The van der Waals surface area contributed by atoms with E-state index < -0.39 is 0 Å². The Balaban J connectivity index is 1.65. The summed E-state index contributed by atoms with van der Waals surface area (Å²) in [6, 6.07) is 7.49. The van der Waals surface area contributed by atoms with Crippen molar-refractivity contribution in [2.45, 2.75) is 44.9 Å². The number of nitrogens with zero attached hydrogens (tertiary/aromatic N) is 2. The average Bonchev–Trinajstić information content (AvgIpc) is 3.02. The standard InChI is InChI=1S/C17H24N2O/c1-11(2)17(20)18-8-7-15-14(10-18)13-5-3-4-12-6-9-19(15)16(12)13/h3-5,11,14-15,17,20H,6-10H2,1-2H3. The summed E-state index contributed by atoms with van der Waals surface area (Å²) in [5.41, 5.74) is 4.60. The lowest BCUT2D eigenvalue weighted by atomic mass is 9.87. The Morgan fingerprint density at radius 3 is 2.90 bits per heavy atom. The smallest absolute Gasteiger partial charge is 0.109 e. The van der Waals surface area contributed by atoms with Gasteiger partial charge in [-0.05, 0) is 29.9 Å². The minimum absolute atomic E-state index is 0.292. The van der Waals surface area contributed by atoms with Crippen LogP contribution < -0.4 is 4.90 Å². The maximum absolute atomic E-state index is 10.4. The van der Waals surface area contributed by atoms with Gasteiger partial charge in [0.05, 0.1) is 0 Å². The molecule has 0 bridgehead atoms. The first-order chi connectivity index (χ1) is 9.66. The number of para-hydroxylation sites is 1. The Morgan fingerprint density at radius 2 is 2.10 bits per heavy atom.